The van der Waals surface area contributed by atoms with Crippen LogP contribution in [-0.2, 0) is 6.18 Å². The minimum absolute atomic E-state index is 0.0502. The van der Waals surface area contributed by atoms with E-state index in [2.05, 4.69) is 5.29 Å². The molecule has 0 spiro atoms. The summed E-state index contributed by atoms with van der Waals surface area (Å²) in [6.07, 6.45) is -2.64. The van der Waals surface area contributed by atoms with E-state index >= 15 is 0 Å². The summed E-state index contributed by atoms with van der Waals surface area (Å²) >= 11 is 0. The molecule has 16 heavy (non-hydrogen) atoms. The number of hydrogen-bond acceptors (Lipinski definition) is 2. The lowest BCUT2D eigenvalue weighted by Gasteiger charge is -2.15. The van der Waals surface area contributed by atoms with Crippen molar-refractivity contribution in [1.29, 1.82) is 0 Å². The Morgan fingerprint density at radius 2 is 1.75 bits per heavy atom. The summed E-state index contributed by atoms with van der Waals surface area (Å²) in [4.78, 5) is 10.5. The third-order valence-electron chi connectivity index (χ3n) is 2.44. The molecule has 1 aromatic carbocycles. The Labute approximate surface area is 89.8 Å². The Kier molecular flexibility index (Phi) is 2.57. The highest BCUT2D eigenvalue weighted by Gasteiger charge is 2.33. The number of anilines is 1. The van der Waals surface area contributed by atoms with Crippen LogP contribution in [0.1, 0.15) is 18.4 Å². The van der Waals surface area contributed by atoms with Gasteiger partial charge in [-0.25, -0.2) is 5.01 Å². The zero-order valence-electron chi connectivity index (χ0n) is 8.24. The van der Waals surface area contributed by atoms with Gasteiger partial charge in [0.05, 0.1) is 22.6 Å². The van der Waals surface area contributed by atoms with E-state index in [-0.39, 0.29) is 6.04 Å². The first kappa shape index (κ1) is 10.9. The van der Waals surface area contributed by atoms with E-state index in [1.54, 1.807) is 0 Å². The summed E-state index contributed by atoms with van der Waals surface area (Å²) in [6, 6.07) is 4.49. The van der Waals surface area contributed by atoms with Gasteiger partial charge in [-0.3, -0.25) is 0 Å². The second kappa shape index (κ2) is 3.77. The van der Waals surface area contributed by atoms with Crippen molar-refractivity contribution in [1.82, 2.24) is 0 Å². The van der Waals surface area contributed by atoms with Crippen LogP contribution >= 0.6 is 0 Å². The number of halogens is 3. The van der Waals surface area contributed by atoms with Crippen molar-refractivity contribution in [2.75, 3.05) is 5.01 Å². The van der Waals surface area contributed by atoms with Crippen molar-refractivity contribution in [2.45, 2.75) is 25.1 Å². The molecule has 1 saturated carbocycles. The Morgan fingerprint density at radius 1 is 1.19 bits per heavy atom. The third-order valence-corrected chi connectivity index (χ3v) is 2.44. The lowest BCUT2D eigenvalue weighted by molar-refractivity contribution is -0.137. The van der Waals surface area contributed by atoms with Crippen molar-refractivity contribution in [3.8, 4) is 0 Å². The van der Waals surface area contributed by atoms with Gasteiger partial charge in [0.15, 0.2) is 0 Å². The molecule has 1 aliphatic carbocycles. The quantitative estimate of drug-likeness (QED) is 0.589. The number of nitrogens with zero attached hydrogens (tertiary/aromatic N) is 2. The molecule has 0 aromatic heterocycles. The summed E-state index contributed by atoms with van der Waals surface area (Å²) in [7, 11) is 0. The number of alkyl halides is 3. The lowest BCUT2D eigenvalue weighted by Crippen LogP contribution is -2.17. The van der Waals surface area contributed by atoms with Crippen molar-refractivity contribution >= 4 is 5.69 Å². The van der Waals surface area contributed by atoms with Crippen LogP contribution in [0.15, 0.2) is 29.6 Å². The predicted molar refractivity (Wildman–Crippen MR) is 52.7 cm³/mol. The molecule has 1 fully saturated rings. The highest BCUT2D eigenvalue weighted by molar-refractivity contribution is 5.49. The summed E-state index contributed by atoms with van der Waals surface area (Å²) in [5, 5.41) is 4.04. The van der Waals surface area contributed by atoms with Gasteiger partial charge in [-0.1, -0.05) is 0 Å². The minimum Gasteiger partial charge on any atom is -0.226 e. The highest BCUT2D eigenvalue weighted by Crippen LogP contribution is 2.34. The van der Waals surface area contributed by atoms with Crippen LogP contribution in [0.2, 0.25) is 0 Å². The second-order valence-corrected chi connectivity index (χ2v) is 3.70. The van der Waals surface area contributed by atoms with Gasteiger partial charge in [0.25, 0.3) is 0 Å². The second-order valence-electron chi connectivity index (χ2n) is 3.70. The van der Waals surface area contributed by atoms with E-state index in [1.165, 1.54) is 17.1 Å². The fourth-order valence-corrected chi connectivity index (χ4v) is 1.45. The summed E-state index contributed by atoms with van der Waals surface area (Å²) in [6.45, 7) is 0. The van der Waals surface area contributed by atoms with Crippen LogP contribution in [0.4, 0.5) is 18.9 Å². The maximum absolute atomic E-state index is 12.3. The van der Waals surface area contributed by atoms with E-state index in [4.69, 9.17) is 0 Å². The van der Waals surface area contributed by atoms with Crippen LogP contribution in [0.25, 0.3) is 0 Å². The zero-order valence-corrected chi connectivity index (χ0v) is 8.24. The standard InChI is InChI=1S/C10H9F3N2O/c11-10(12,13)7-1-3-8(4-2-7)15(14-16)9-5-6-9/h1-4,9H,5-6H2. The summed E-state index contributed by atoms with van der Waals surface area (Å²) < 4.78 is 36.8. The largest absolute Gasteiger partial charge is 0.416 e. The Hall–Kier alpha value is -1.59. The zero-order chi connectivity index (χ0) is 11.8. The first-order valence-corrected chi connectivity index (χ1v) is 4.82. The maximum atomic E-state index is 12.3. The Morgan fingerprint density at radius 3 is 2.12 bits per heavy atom. The summed E-state index contributed by atoms with van der Waals surface area (Å²) in [5.74, 6) is 0. The van der Waals surface area contributed by atoms with Crippen LogP contribution in [0.5, 0.6) is 0 Å². The van der Waals surface area contributed by atoms with E-state index in [0.29, 0.717) is 5.69 Å². The third kappa shape index (κ3) is 2.15. The average molecular weight is 230 g/mol. The minimum atomic E-state index is -4.35. The smallest absolute Gasteiger partial charge is 0.226 e. The van der Waals surface area contributed by atoms with E-state index < -0.39 is 11.7 Å². The van der Waals surface area contributed by atoms with Crippen LogP contribution in [0.3, 0.4) is 0 Å². The molecular weight excluding hydrogens is 221 g/mol. The Balaban J connectivity index is 2.21. The van der Waals surface area contributed by atoms with Crippen molar-refractivity contribution in [3.05, 3.63) is 34.7 Å². The fourth-order valence-electron chi connectivity index (χ4n) is 1.45. The molecule has 0 atom stereocenters. The van der Waals surface area contributed by atoms with Gasteiger partial charge in [0, 0.05) is 0 Å². The first-order chi connectivity index (χ1) is 7.52. The molecule has 0 unspecified atom stereocenters. The van der Waals surface area contributed by atoms with Crippen LogP contribution in [-0.4, -0.2) is 6.04 Å². The molecule has 2 rings (SSSR count). The number of nitroso groups, excluding NO2 is 1. The van der Waals surface area contributed by atoms with Gasteiger partial charge in [0.1, 0.15) is 0 Å². The SMILES string of the molecule is O=NN(c1ccc(C(F)(F)F)cc1)C1CC1. The van der Waals surface area contributed by atoms with Crippen molar-refractivity contribution < 1.29 is 13.2 Å². The van der Waals surface area contributed by atoms with Gasteiger partial charge in [0.2, 0.25) is 0 Å². The molecule has 0 heterocycles. The maximum Gasteiger partial charge on any atom is 0.416 e. The first-order valence-electron chi connectivity index (χ1n) is 4.82. The molecular formula is C10H9F3N2O. The van der Waals surface area contributed by atoms with Gasteiger partial charge < -0.3 is 0 Å². The van der Waals surface area contributed by atoms with E-state index in [0.717, 1.165) is 25.0 Å². The van der Waals surface area contributed by atoms with Crippen molar-refractivity contribution in [2.24, 2.45) is 5.29 Å². The van der Waals surface area contributed by atoms with Gasteiger partial charge in [-0.2, -0.15) is 13.2 Å². The molecule has 0 saturated heterocycles. The molecule has 86 valence electrons. The topological polar surface area (TPSA) is 32.7 Å². The molecule has 0 N–H and O–H groups in total. The van der Waals surface area contributed by atoms with Crippen LogP contribution in [0, 0.1) is 4.91 Å². The summed E-state index contributed by atoms with van der Waals surface area (Å²) in [5.41, 5.74) is -0.316. The van der Waals surface area contributed by atoms with Gasteiger partial charge in [-0.05, 0) is 37.1 Å². The van der Waals surface area contributed by atoms with Crippen molar-refractivity contribution in [3.63, 3.8) is 0 Å². The van der Waals surface area contributed by atoms with Gasteiger partial charge >= 0.3 is 6.18 Å². The average Bonchev–Trinajstić information content (AvgIpc) is 3.03. The lowest BCUT2D eigenvalue weighted by atomic mass is 10.2. The molecule has 0 amide bonds. The molecule has 0 radical (unpaired) electrons. The molecule has 1 aromatic rings. The molecule has 3 nitrogen and oxygen atoms in total. The fraction of sp³-hybridized carbons (Fsp3) is 0.400. The normalized spacial score (nSPS) is 15.9. The van der Waals surface area contributed by atoms with Crippen LogP contribution < -0.4 is 5.01 Å². The number of hydrogen-bond donors (Lipinski definition) is 0. The number of benzene rings is 1. The number of rotatable bonds is 3. The van der Waals surface area contributed by atoms with E-state index in [9.17, 15) is 18.1 Å². The molecule has 0 aliphatic heterocycles. The molecule has 6 heteroatoms. The molecule has 1 aliphatic rings. The predicted octanol–water partition coefficient (Wildman–Crippen LogP) is 3.36. The van der Waals surface area contributed by atoms with Gasteiger partial charge in [-0.15, -0.1) is 4.91 Å². The Bertz CT molecular complexity index is 384. The highest BCUT2D eigenvalue weighted by atomic mass is 19.4. The molecule has 0 bridgehead atoms. The monoisotopic (exact) mass is 230 g/mol. The van der Waals surface area contributed by atoms with E-state index in [1.807, 2.05) is 0 Å².